The Morgan fingerprint density at radius 1 is 0.806 bits per heavy atom. The average Bonchev–Trinajstić information content (AvgIpc) is 2.83. The Morgan fingerprint density at radius 3 is 1.58 bits per heavy atom. The minimum atomic E-state index is -1.39. The summed E-state index contributed by atoms with van der Waals surface area (Å²) in [6.45, 7) is 13.0. The van der Waals surface area contributed by atoms with Crippen LogP contribution in [0.15, 0.2) is 72.8 Å². The van der Waals surface area contributed by atoms with Crippen molar-refractivity contribution < 1.29 is 10.9 Å². The molecule has 0 aliphatic rings. The Hall–Kier alpha value is -3.38. The van der Waals surface area contributed by atoms with E-state index in [0.29, 0.717) is 10.6 Å². The van der Waals surface area contributed by atoms with Gasteiger partial charge in [-0.2, -0.15) is 21.6 Å². The van der Waals surface area contributed by atoms with Gasteiger partial charge in [0.25, 0.3) is 0 Å². The first-order chi connectivity index (χ1) is 17.2. The van der Waals surface area contributed by atoms with Gasteiger partial charge in [-0.1, -0.05) is 75.8 Å². The van der Waals surface area contributed by atoms with Gasteiger partial charge >= 0.3 is 0 Å². The standard InChI is InChI=1S/C12H9N.C11H7NO.C6H15ClSi.CH3F/c1-9-2-4-12-7-10(8-13)3-5-11(12)6-9;12-7-8-1-2-10-6-11(13)4-3-9(10)5-8;1-6(2,3)8(4,5)7;1-2/h2-7H,1H3;1-6,13H;1-5H3;1H3/i;;;1D. The zero-order valence-electron chi connectivity index (χ0n) is 22.7. The summed E-state index contributed by atoms with van der Waals surface area (Å²) in [5, 5.41) is 31.1. The highest BCUT2D eigenvalue weighted by Crippen LogP contribution is 2.38. The van der Waals surface area contributed by atoms with E-state index in [1.165, 1.54) is 10.9 Å². The van der Waals surface area contributed by atoms with Crippen LogP contribution in [0, 0.1) is 29.6 Å². The van der Waals surface area contributed by atoms with Gasteiger partial charge in [-0.3, -0.25) is 4.39 Å². The fraction of sp³-hybridized carbons (Fsp3) is 0.267. The quantitative estimate of drug-likeness (QED) is 0.185. The molecule has 0 aliphatic heterocycles. The molecule has 36 heavy (non-hydrogen) atoms. The topological polar surface area (TPSA) is 67.8 Å². The highest BCUT2D eigenvalue weighted by molar-refractivity contribution is 7.20. The Balaban J connectivity index is 0.000000271. The molecule has 4 rings (SSSR count). The van der Waals surface area contributed by atoms with Crippen LogP contribution in [-0.4, -0.2) is 19.6 Å². The van der Waals surface area contributed by atoms with Gasteiger partial charge in [-0.25, -0.2) is 0 Å². The van der Waals surface area contributed by atoms with E-state index in [4.69, 9.17) is 23.0 Å². The molecule has 0 bridgehead atoms. The van der Waals surface area contributed by atoms with E-state index in [2.05, 4.69) is 65.1 Å². The number of halogens is 2. The van der Waals surface area contributed by atoms with E-state index in [-0.39, 0.29) is 5.75 Å². The van der Waals surface area contributed by atoms with Gasteiger partial charge in [-0.05, 0) is 69.9 Å². The third-order valence-corrected chi connectivity index (χ3v) is 11.1. The zero-order valence-corrected chi connectivity index (χ0v) is 23.5. The lowest BCUT2D eigenvalue weighted by molar-refractivity contribution is 0.476. The third kappa shape index (κ3) is 9.34. The summed E-state index contributed by atoms with van der Waals surface area (Å²) >= 11 is 6.15. The van der Waals surface area contributed by atoms with Crippen LogP contribution in [-0.2, 0) is 0 Å². The molecule has 1 N–H and O–H groups in total. The molecule has 188 valence electrons. The van der Waals surface area contributed by atoms with E-state index in [1.807, 2.05) is 30.3 Å². The summed E-state index contributed by atoms with van der Waals surface area (Å²) in [4.78, 5) is 0. The second-order valence-electron chi connectivity index (χ2n) is 9.76. The molecular formula is C30H34ClFN2OSi. The maximum atomic E-state index is 9.96. The summed E-state index contributed by atoms with van der Waals surface area (Å²) < 4.78 is 15.5. The predicted molar refractivity (Wildman–Crippen MR) is 154 cm³/mol. The Labute approximate surface area is 221 Å². The fourth-order valence-electron chi connectivity index (χ4n) is 2.74. The van der Waals surface area contributed by atoms with E-state index >= 15 is 0 Å². The third-order valence-electron chi connectivity index (χ3n) is 5.86. The number of nitrogens with zero attached hydrogens (tertiary/aromatic N) is 2. The number of rotatable bonds is 0. The average molecular weight is 522 g/mol. The number of nitriles is 2. The number of hydrogen-bond donors (Lipinski definition) is 1. The summed E-state index contributed by atoms with van der Waals surface area (Å²) in [6, 6.07) is 26.6. The lowest BCUT2D eigenvalue weighted by Crippen LogP contribution is -2.29. The predicted octanol–water partition coefficient (Wildman–Crippen LogP) is 9.25. The van der Waals surface area contributed by atoms with Crippen LogP contribution in [0.3, 0.4) is 0 Å². The number of alkyl halides is 1. The minimum Gasteiger partial charge on any atom is -0.508 e. The van der Waals surface area contributed by atoms with Crippen molar-refractivity contribution in [2.24, 2.45) is 0 Å². The van der Waals surface area contributed by atoms with Crippen molar-refractivity contribution in [2.75, 3.05) is 7.15 Å². The molecule has 0 radical (unpaired) electrons. The molecule has 0 unspecified atom stereocenters. The maximum absolute atomic E-state index is 9.96. The fourth-order valence-corrected chi connectivity index (χ4v) is 2.74. The number of hydrogen-bond acceptors (Lipinski definition) is 3. The van der Waals surface area contributed by atoms with Gasteiger partial charge in [0.1, 0.15) is 5.75 Å². The molecular weight excluding hydrogens is 487 g/mol. The number of phenolic OH excluding ortho intramolecular Hbond substituents is 1. The van der Waals surface area contributed by atoms with Crippen LogP contribution < -0.4 is 0 Å². The number of aryl methyl sites for hydroxylation is 1. The van der Waals surface area contributed by atoms with E-state index in [1.54, 1.807) is 30.3 Å². The van der Waals surface area contributed by atoms with Crippen LogP contribution >= 0.6 is 11.1 Å². The molecule has 0 aliphatic carbocycles. The largest absolute Gasteiger partial charge is 0.508 e. The molecule has 0 spiro atoms. The van der Waals surface area contributed by atoms with Gasteiger partial charge in [0.05, 0.1) is 31.8 Å². The van der Waals surface area contributed by atoms with Crippen LogP contribution in [0.1, 0.15) is 38.8 Å². The molecule has 4 aromatic carbocycles. The number of phenols is 1. The van der Waals surface area contributed by atoms with Gasteiger partial charge < -0.3 is 5.11 Å². The van der Waals surface area contributed by atoms with Crippen LogP contribution in [0.2, 0.25) is 18.1 Å². The number of fused-ring (bicyclic) bond motifs is 2. The molecule has 4 aromatic rings. The van der Waals surface area contributed by atoms with Crippen molar-refractivity contribution in [3.05, 3.63) is 89.5 Å². The summed E-state index contributed by atoms with van der Waals surface area (Å²) in [5.41, 5.74) is 2.60. The van der Waals surface area contributed by atoms with E-state index < -0.39 is 14.5 Å². The lowest BCUT2D eigenvalue weighted by Gasteiger charge is -2.29. The molecule has 0 saturated heterocycles. The van der Waals surface area contributed by atoms with Gasteiger partial charge in [0.15, 0.2) is 7.38 Å². The number of benzene rings is 4. The Morgan fingerprint density at radius 2 is 1.17 bits per heavy atom. The first-order valence-corrected chi connectivity index (χ1v) is 15.3. The lowest BCUT2D eigenvalue weighted by atomic mass is 10.1. The van der Waals surface area contributed by atoms with Crippen LogP contribution in [0.4, 0.5) is 4.39 Å². The molecule has 3 nitrogen and oxygen atoms in total. The van der Waals surface area contributed by atoms with Crippen molar-refractivity contribution in [3.8, 4) is 17.9 Å². The monoisotopic (exact) mass is 521 g/mol. The SMILES string of the molecule is CC(C)(C)[Si](C)(C)Cl.Cc1ccc2cc(C#N)ccc2c1.N#Cc1ccc2cc(O)ccc2c1.[2H]CF. The smallest absolute Gasteiger partial charge is 0.155 e. The summed E-state index contributed by atoms with van der Waals surface area (Å²) in [6.07, 6.45) is 0. The van der Waals surface area contributed by atoms with Gasteiger partial charge in [0.2, 0.25) is 0 Å². The molecule has 0 heterocycles. The van der Waals surface area contributed by atoms with Gasteiger partial charge in [-0.15, -0.1) is 0 Å². The normalized spacial score (nSPS) is 10.8. The highest BCUT2D eigenvalue weighted by Gasteiger charge is 2.32. The molecule has 6 heteroatoms. The molecule has 0 atom stereocenters. The number of aromatic hydroxyl groups is 1. The Kier molecular flexibility index (Phi) is 10.9. The van der Waals surface area contributed by atoms with Crippen molar-refractivity contribution in [1.82, 2.24) is 0 Å². The second-order valence-corrected chi connectivity index (χ2v) is 17.0. The van der Waals surface area contributed by atoms with E-state index in [9.17, 15) is 9.50 Å². The van der Waals surface area contributed by atoms with Crippen molar-refractivity contribution in [3.63, 3.8) is 0 Å². The molecule has 0 aromatic heterocycles. The van der Waals surface area contributed by atoms with Crippen molar-refractivity contribution >= 4 is 40.0 Å². The van der Waals surface area contributed by atoms with E-state index in [0.717, 1.165) is 21.7 Å². The Bertz CT molecular complexity index is 1290. The first kappa shape index (κ1) is 28.9. The first-order valence-electron chi connectivity index (χ1n) is 12.0. The van der Waals surface area contributed by atoms with Crippen molar-refractivity contribution in [1.29, 1.82) is 10.5 Å². The van der Waals surface area contributed by atoms with Gasteiger partial charge in [0, 0.05) is 0 Å². The maximum Gasteiger partial charge on any atom is 0.155 e. The van der Waals surface area contributed by atoms with Crippen LogP contribution in [0.25, 0.3) is 21.5 Å². The zero-order chi connectivity index (χ0) is 28.2. The second kappa shape index (κ2) is 13.6. The molecule has 0 saturated carbocycles. The summed E-state index contributed by atoms with van der Waals surface area (Å²) in [7, 11) is -2.39. The van der Waals surface area contributed by atoms with Crippen molar-refractivity contribution in [2.45, 2.75) is 45.8 Å². The molecule has 0 amide bonds. The molecule has 0 fully saturated rings. The minimum absolute atomic E-state index is 0.247. The summed E-state index contributed by atoms with van der Waals surface area (Å²) in [5.74, 6) is 0.247. The highest BCUT2D eigenvalue weighted by atomic mass is 35.6. The van der Waals surface area contributed by atoms with Crippen LogP contribution in [0.5, 0.6) is 5.75 Å².